The van der Waals surface area contributed by atoms with E-state index < -0.39 is 5.76 Å². The number of halogens is 2. The van der Waals surface area contributed by atoms with Crippen molar-refractivity contribution in [2.24, 2.45) is 0 Å². The SMILES string of the molecule is CC(NCc1ccc(CSC(F)F)o1)c1ccccn1. The Morgan fingerprint density at radius 3 is 2.75 bits per heavy atom. The van der Waals surface area contributed by atoms with Crippen LogP contribution in [0.2, 0.25) is 0 Å². The summed E-state index contributed by atoms with van der Waals surface area (Å²) < 4.78 is 29.6. The molecular weight excluding hydrogens is 282 g/mol. The zero-order valence-electron chi connectivity index (χ0n) is 11.1. The number of alkyl halides is 2. The summed E-state index contributed by atoms with van der Waals surface area (Å²) in [6.07, 6.45) is 1.75. The van der Waals surface area contributed by atoms with E-state index in [1.54, 1.807) is 18.3 Å². The third kappa shape index (κ3) is 4.61. The molecule has 6 heteroatoms. The van der Waals surface area contributed by atoms with Crippen LogP contribution in [0.4, 0.5) is 8.78 Å². The van der Waals surface area contributed by atoms with Crippen LogP contribution in [0.5, 0.6) is 0 Å². The molecule has 0 radical (unpaired) electrons. The Morgan fingerprint density at radius 2 is 2.05 bits per heavy atom. The zero-order valence-corrected chi connectivity index (χ0v) is 11.9. The Morgan fingerprint density at radius 1 is 1.25 bits per heavy atom. The Bertz CT molecular complexity index is 519. The fourth-order valence-corrected chi connectivity index (χ4v) is 2.18. The number of thioether (sulfide) groups is 1. The lowest BCUT2D eigenvalue weighted by Crippen LogP contribution is -2.18. The van der Waals surface area contributed by atoms with Gasteiger partial charge in [0, 0.05) is 12.2 Å². The van der Waals surface area contributed by atoms with Gasteiger partial charge in [0.05, 0.1) is 18.0 Å². The van der Waals surface area contributed by atoms with Gasteiger partial charge in [0.1, 0.15) is 11.5 Å². The number of furan rings is 1. The lowest BCUT2D eigenvalue weighted by atomic mass is 10.2. The van der Waals surface area contributed by atoms with Crippen LogP contribution in [0.3, 0.4) is 0 Å². The van der Waals surface area contributed by atoms with Gasteiger partial charge in [0.15, 0.2) is 0 Å². The van der Waals surface area contributed by atoms with Crippen molar-refractivity contribution in [2.75, 3.05) is 0 Å². The highest BCUT2D eigenvalue weighted by molar-refractivity contribution is 7.98. The molecule has 2 heterocycles. The van der Waals surface area contributed by atoms with Gasteiger partial charge in [-0.05, 0) is 31.2 Å². The molecule has 0 aromatic carbocycles. The first kappa shape index (κ1) is 15.0. The van der Waals surface area contributed by atoms with Gasteiger partial charge < -0.3 is 9.73 Å². The minimum absolute atomic E-state index is 0.0974. The first-order valence-electron chi connectivity index (χ1n) is 6.27. The summed E-state index contributed by atoms with van der Waals surface area (Å²) in [5.74, 6) is -0.880. The van der Waals surface area contributed by atoms with Crippen LogP contribution < -0.4 is 5.32 Å². The molecule has 0 saturated heterocycles. The third-order valence-electron chi connectivity index (χ3n) is 2.78. The maximum Gasteiger partial charge on any atom is 0.284 e. The average Bonchev–Trinajstić information content (AvgIpc) is 2.91. The normalized spacial score (nSPS) is 12.8. The lowest BCUT2D eigenvalue weighted by Gasteiger charge is -2.11. The molecule has 108 valence electrons. The van der Waals surface area contributed by atoms with Crippen LogP contribution >= 0.6 is 11.8 Å². The highest BCUT2D eigenvalue weighted by Crippen LogP contribution is 2.21. The van der Waals surface area contributed by atoms with E-state index in [0.29, 0.717) is 24.1 Å². The molecule has 0 bridgehead atoms. The molecule has 0 aliphatic carbocycles. The molecule has 2 rings (SSSR count). The summed E-state index contributed by atoms with van der Waals surface area (Å²) >= 11 is 0.561. The van der Waals surface area contributed by atoms with Crippen molar-refractivity contribution in [1.82, 2.24) is 10.3 Å². The standard InChI is InChI=1S/C14H16F2N2OS/c1-10(13-4-2-3-7-17-13)18-8-11-5-6-12(19-11)9-20-14(15)16/h2-7,10,14,18H,8-9H2,1H3. The molecule has 3 nitrogen and oxygen atoms in total. The Balaban J connectivity index is 1.82. The molecule has 2 aromatic heterocycles. The molecule has 1 N–H and O–H groups in total. The number of hydrogen-bond acceptors (Lipinski definition) is 4. The third-order valence-corrected chi connectivity index (χ3v) is 3.49. The number of aromatic nitrogens is 1. The molecule has 0 amide bonds. The lowest BCUT2D eigenvalue weighted by molar-refractivity contribution is 0.251. The van der Waals surface area contributed by atoms with Crippen LogP contribution in [-0.2, 0) is 12.3 Å². The highest BCUT2D eigenvalue weighted by Gasteiger charge is 2.09. The second-order valence-electron chi connectivity index (χ2n) is 4.30. The van der Waals surface area contributed by atoms with E-state index in [1.165, 1.54) is 0 Å². The van der Waals surface area contributed by atoms with E-state index in [0.717, 1.165) is 11.5 Å². The van der Waals surface area contributed by atoms with E-state index >= 15 is 0 Å². The van der Waals surface area contributed by atoms with Gasteiger partial charge in [0.25, 0.3) is 5.76 Å². The summed E-state index contributed by atoms with van der Waals surface area (Å²) in [6.45, 7) is 2.55. The van der Waals surface area contributed by atoms with E-state index in [1.807, 2.05) is 25.1 Å². The summed E-state index contributed by atoms with van der Waals surface area (Å²) in [4.78, 5) is 4.27. The fraction of sp³-hybridized carbons (Fsp3) is 0.357. The molecular formula is C14H16F2N2OS. The van der Waals surface area contributed by atoms with Gasteiger partial charge in [-0.1, -0.05) is 17.8 Å². The van der Waals surface area contributed by atoms with Gasteiger partial charge in [-0.3, -0.25) is 4.98 Å². The summed E-state index contributed by atoms with van der Waals surface area (Å²) in [5, 5.41) is 3.28. The van der Waals surface area contributed by atoms with Crippen molar-refractivity contribution < 1.29 is 13.2 Å². The van der Waals surface area contributed by atoms with Gasteiger partial charge in [-0.15, -0.1) is 0 Å². The molecule has 0 aliphatic heterocycles. The van der Waals surface area contributed by atoms with Gasteiger partial charge in [-0.2, -0.15) is 8.78 Å². The minimum atomic E-state index is -2.37. The molecule has 0 saturated carbocycles. The van der Waals surface area contributed by atoms with E-state index in [-0.39, 0.29) is 11.8 Å². The average molecular weight is 298 g/mol. The Labute approximate surface area is 120 Å². The Hall–Kier alpha value is -1.40. The molecule has 20 heavy (non-hydrogen) atoms. The molecule has 0 aliphatic rings. The summed E-state index contributed by atoms with van der Waals surface area (Å²) in [6, 6.07) is 9.39. The molecule has 0 spiro atoms. The van der Waals surface area contributed by atoms with Crippen LogP contribution in [0.15, 0.2) is 40.9 Å². The molecule has 2 aromatic rings. The summed E-state index contributed by atoms with van der Waals surface area (Å²) in [5.41, 5.74) is 0.951. The van der Waals surface area contributed by atoms with Crippen LogP contribution in [0.25, 0.3) is 0 Å². The largest absolute Gasteiger partial charge is 0.464 e. The second-order valence-corrected chi connectivity index (χ2v) is 5.28. The number of pyridine rings is 1. The second kappa shape index (κ2) is 7.40. The van der Waals surface area contributed by atoms with Crippen LogP contribution in [0.1, 0.15) is 30.2 Å². The fourth-order valence-electron chi connectivity index (χ4n) is 1.73. The van der Waals surface area contributed by atoms with Crippen molar-refractivity contribution in [3.63, 3.8) is 0 Å². The molecule has 1 atom stereocenters. The number of rotatable bonds is 7. The predicted octanol–water partition coefficient (Wildman–Crippen LogP) is 3.98. The maximum atomic E-state index is 12.1. The van der Waals surface area contributed by atoms with Crippen molar-refractivity contribution in [3.05, 3.63) is 53.7 Å². The van der Waals surface area contributed by atoms with Gasteiger partial charge in [0.2, 0.25) is 0 Å². The number of nitrogens with zero attached hydrogens (tertiary/aromatic N) is 1. The van der Waals surface area contributed by atoms with Crippen molar-refractivity contribution in [3.8, 4) is 0 Å². The van der Waals surface area contributed by atoms with Crippen molar-refractivity contribution in [2.45, 2.75) is 31.0 Å². The zero-order chi connectivity index (χ0) is 14.4. The van der Waals surface area contributed by atoms with E-state index in [4.69, 9.17) is 4.42 Å². The predicted molar refractivity (Wildman–Crippen MR) is 75.5 cm³/mol. The van der Waals surface area contributed by atoms with Gasteiger partial charge in [-0.25, -0.2) is 0 Å². The monoisotopic (exact) mass is 298 g/mol. The highest BCUT2D eigenvalue weighted by atomic mass is 32.2. The first-order chi connectivity index (χ1) is 9.65. The first-order valence-corrected chi connectivity index (χ1v) is 7.31. The Kier molecular flexibility index (Phi) is 5.55. The number of hydrogen-bond donors (Lipinski definition) is 1. The van der Waals surface area contributed by atoms with E-state index in [9.17, 15) is 8.78 Å². The number of nitrogens with one attached hydrogen (secondary N) is 1. The molecule has 1 unspecified atom stereocenters. The quantitative estimate of drug-likeness (QED) is 0.839. The van der Waals surface area contributed by atoms with Crippen LogP contribution in [0, 0.1) is 0 Å². The minimum Gasteiger partial charge on any atom is -0.464 e. The summed E-state index contributed by atoms with van der Waals surface area (Å²) in [7, 11) is 0. The molecule has 0 fully saturated rings. The maximum absolute atomic E-state index is 12.1. The topological polar surface area (TPSA) is 38.1 Å². The van der Waals surface area contributed by atoms with Crippen molar-refractivity contribution >= 4 is 11.8 Å². The van der Waals surface area contributed by atoms with Crippen LogP contribution in [-0.4, -0.2) is 10.7 Å². The van der Waals surface area contributed by atoms with E-state index in [2.05, 4.69) is 10.3 Å². The van der Waals surface area contributed by atoms with Gasteiger partial charge >= 0.3 is 0 Å². The smallest absolute Gasteiger partial charge is 0.284 e. The van der Waals surface area contributed by atoms with Crippen molar-refractivity contribution in [1.29, 1.82) is 0 Å².